The molecule has 0 unspecified atom stereocenters. The zero-order chi connectivity index (χ0) is 10.4. The number of methoxy groups -OCH3 is 1. The molecule has 0 aromatic rings. The number of carbonyl (C=O) groups is 2. The number of carbonyl (C=O) groups excluding carboxylic acids is 1. The number of carboxylic acid groups (broad SMARTS) is 1. The molecule has 4 nitrogen and oxygen atoms in total. The first-order valence-electron chi connectivity index (χ1n) is 3.65. The molecule has 0 amide bonds. The van der Waals surface area contributed by atoms with Gasteiger partial charge >= 0.3 is 11.9 Å². The number of aliphatic carboxylic acids is 1. The molecule has 0 aromatic carbocycles. The van der Waals surface area contributed by atoms with Crippen molar-refractivity contribution in [2.24, 2.45) is 0 Å². The molecular weight excluding hydrogens is 172 g/mol. The quantitative estimate of drug-likeness (QED) is 0.235. The van der Waals surface area contributed by atoms with Gasteiger partial charge in [0.1, 0.15) is 5.57 Å². The van der Waals surface area contributed by atoms with Crippen LogP contribution in [-0.4, -0.2) is 24.2 Å². The van der Waals surface area contributed by atoms with E-state index >= 15 is 0 Å². The van der Waals surface area contributed by atoms with Crippen LogP contribution in [0.5, 0.6) is 0 Å². The number of carboxylic acids is 1. The summed E-state index contributed by atoms with van der Waals surface area (Å²) in [4.78, 5) is 21.4. The summed E-state index contributed by atoms with van der Waals surface area (Å²) in [5, 5.41) is 8.59. The lowest BCUT2D eigenvalue weighted by molar-refractivity contribution is -0.142. The highest BCUT2D eigenvalue weighted by molar-refractivity contribution is 6.13. The maximum Gasteiger partial charge on any atom is 0.345 e. The van der Waals surface area contributed by atoms with Gasteiger partial charge in [-0.2, -0.15) is 0 Å². The van der Waals surface area contributed by atoms with Gasteiger partial charge in [0, 0.05) is 0 Å². The van der Waals surface area contributed by atoms with E-state index in [1.54, 1.807) is 19.9 Å². The smallest absolute Gasteiger partial charge is 0.345 e. The van der Waals surface area contributed by atoms with Crippen molar-refractivity contribution in [3.63, 3.8) is 0 Å². The molecule has 0 aliphatic heterocycles. The van der Waals surface area contributed by atoms with Gasteiger partial charge in [0.15, 0.2) is 0 Å². The van der Waals surface area contributed by atoms with Crippen LogP contribution in [0.25, 0.3) is 0 Å². The third-order valence-corrected chi connectivity index (χ3v) is 1.22. The van der Waals surface area contributed by atoms with Crippen molar-refractivity contribution in [3.05, 3.63) is 23.3 Å². The molecule has 0 aliphatic carbocycles. The normalized spacial score (nSPS) is 10.5. The van der Waals surface area contributed by atoms with Crippen molar-refractivity contribution in [2.45, 2.75) is 13.8 Å². The van der Waals surface area contributed by atoms with E-state index in [9.17, 15) is 9.59 Å². The minimum absolute atomic E-state index is 0.372. The van der Waals surface area contributed by atoms with Crippen LogP contribution in [-0.2, 0) is 14.3 Å². The Labute approximate surface area is 76.5 Å². The molecule has 0 aromatic heterocycles. The summed E-state index contributed by atoms with van der Waals surface area (Å²) in [5.41, 5.74) is 0.534. The van der Waals surface area contributed by atoms with Gasteiger partial charge in [0.05, 0.1) is 7.11 Å². The van der Waals surface area contributed by atoms with E-state index in [1.807, 2.05) is 0 Å². The summed E-state index contributed by atoms with van der Waals surface area (Å²) in [5.74, 6) is -2.13. The third-order valence-electron chi connectivity index (χ3n) is 1.22. The first-order valence-corrected chi connectivity index (χ1v) is 3.65. The number of hydrogen-bond donors (Lipinski definition) is 1. The van der Waals surface area contributed by atoms with Gasteiger partial charge in [-0.25, -0.2) is 9.59 Å². The average molecular weight is 184 g/mol. The summed E-state index contributed by atoms with van der Waals surface area (Å²) >= 11 is 0. The molecule has 0 saturated heterocycles. The highest BCUT2D eigenvalue weighted by Gasteiger charge is 2.16. The molecule has 0 heterocycles. The fourth-order valence-corrected chi connectivity index (χ4v) is 0.587. The van der Waals surface area contributed by atoms with Crippen molar-refractivity contribution in [1.82, 2.24) is 0 Å². The highest BCUT2D eigenvalue weighted by Crippen LogP contribution is 2.00. The monoisotopic (exact) mass is 184 g/mol. The Morgan fingerprint density at radius 3 is 2.08 bits per heavy atom. The Morgan fingerprint density at radius 2 is 1.77 bits per heavy atom. The maximum absolute atomic E-state index is 10.9. The van der Waals surface area contributed by atoms with Gasteiger partial charge in [0.2, 0.25) is 0 Å². The van der Waals surface area contributed by atoms with Crippen molar-refractivity contribution in [2.75, 3.05) is 7.11 Å². The molecular formula is C9H12O4. The van der Waals surface area contributed by atoms with Crippen molar-refractivity contribution >= 4 is 11.9 Å². The summed E-state index contributed by atoms with van der Waals surface area (Å²) in [6.07, 6.45) is 2.77. The molecule has 4 heteroatoms. The Morgan fingerprint density at radius 1 is 1.23 bits per heavy atom. The van der Waals surface area contributed by atoms with Crippen LogP contribution in [0, 0.1) is 0 Å². The zero-order valence-electron chi connectivity index (χ0n) is 7.83. The van der Waals surface area contributed by atoms with Gasteiger partial charge in [-0.05, 0) is 19.9 Å². The molecule has 0 bridgehead atoms. The predicted octanol–water partition coefficient (Wildman–Crippen LogP) is 1.14. The second kappa shape index (κ2) is 5.13. The Balaban J connectivity index is 4.82. The van der Waals surface area contributed by atoms with Crippen LogP contribution in [0.1, 0.15) is 13.8 Å². The standard InChI is InChI=1S/C9H12O4/c1-6(2)4-5-7(8(10)11)9(12)13-3/h4-5H,1-3H3,(H,10,11). The number of ether oxygens (including phenoxy) is 1. The molecule has 1 N–H and O–H groups in total. The average Bonchev–Trinajstić information content (AvgIpc) is 2.03. The summed E-state index contributed by atoms with van der Waals surface area (Å²) < 4.78 is 4.29. The molecule has 13 heavy (non-hydrogen) atoms. The van der Waals surface area contributed by atoms with Gasteiger partial charge < -0.3 is 9.84 Å². The molecule has 0 saturated carbocycles. The Bertz CT molecular complexity index is 269. The van der Waals surface area contributed by atoms with Crippen molar-refractivity contribution in [3.8, 4) is 0 Å². The van der Waals surface area contributed by atoms with Crippen LogP contribution >= 0.6 is 0 Å². The summed E-state index contributed by atoms with van der Waals surface area (Å²) in [6, 6.07) is 0. The Hall–Kier alpha value is -1.58. The number of rotatable bonds is 3. The topological polar surface area (TPSA) is 63.6 Å². The van der Waals surface area contributed by atoms with Gasteiger partial charge in [0.25, 0.3) is 0 Å². The lowest BCUT2D eigenvalue weighted by atomic mass is 10.2. The van der Waals surface area contributed by atoms with Crippen molar-refractivity contribution < 1.29 is 19.4 Å². The van der Waals surface area contributed by atoms with E-state index in [2.05, 4.69) is 4.74 Å². The minimum atomic E-state index is -1.29. The van der Waals surface area contributed by atoms with Gasteiger partial charge in [-0.3, -0.25) is 0 Å². The molecule has 0 atom stereocenters. The van der Waals surface area contributed by atoms with E-state index in [1.165, 1.54) is 6.08 Å². The lowest BCUT2D eigenvalue weighted by Gasteiger charge is -1.97. The minimum Gasteiger partial charge on any atom is -0.477 e. The fourth-order valence-electron chi connectivity index (χ4n) is 0.587. The van der Waals surface area contributed by atoms with E-state index < -0.39 is 11.9 Å². The second-order valence-electron chi connectivity index (χ2n) is 2.62. The van der Waals surface area contributed by atoms with E-state index in [4.69, 9.17) is 5.11 Å². The number of esters is 1. The third kappa shape index (κ3) is 4.10. The molecule has 0 radical (unpaired) electrons. The van der Waals surface area contributed by atoms with Crippen LogP contribution in [0.3, 0.4) is 0 Å². The Kier molecular flexibility index (Phi) is 4.51. The molecule has 0 spiro atoms. The largest absolute Gasteiger partial charge is 0.477 e. The summed E-state index contributed by atoms with van der Waals surface area (Å²) in [6.45, 7) is 3.60. The first-order chi connectivity index (χ1) is 5.99. The highest BCUT2D eigenvalue weighted by atomic mass is 16.5. The molecule has 0 fully saturated rings. The number of allylic oxidation sites excluding steroid dienone is 3. The number of hydrogen-bond acceptors (Lipinski definition) is 3. The zero-order valence-corrected chi connectivity index (χ0v) is 7.83. The van der Waals surface area contributed by atoms with E-state index in [-0.39, 0.29) is 5.57 Å². The van der Waals surface area contributed by atoms with Crippen LogP contribution in [0.2, 0.25) is 0 Å². The second-order valence-corrected chi connectivity index (χ2v) is 2.62. The summed E-state index contributed by atoms with van der Waals surface area (Å²) in [7, 11) is 1.14. The molecule has 0 rings (SSSR count). The molecule has 72 valence electrons. The van der Waals surface area contributed by atoms with Gasteiger partial charge in [-0.1, -0.05) is 11.6 Å². The first kappa shape index (κ1) is 11.4. The van der Waals surface area contributed by atoms with Crippen LogP contribution in [0.4, 0.5) is 0 Å². The molecule has 0 aliphatic rings. The predicted molar refractivity (Wildman–Crippen MR) is 47.2 cm³/mol. The van der Waals surface area contributed by atoms with Crippen LogP contribution in [0.15, 0.2) is 23.3 Å². The SMILES string of the molecule is COC(=O)C(=CC=C(C)C)C(=O)O. The van der Waals surface area contributed by atoms with E-state index in [0.29, 0.717) is 0 Å². The van der Waals surface area contributed by atoms with Gasteiger partial charge in [-0.15, -0.1) is 0 Å². The fraction of sp³-hybridized carbons (Fsp3) is 0.333. The van der Waals surface area contributed by atoms with E-state index in [0.717, 1.165) is 12.7 Å². The maximum atomic E-state index is 10.9. The lowest BCUT2D eigenvalue weighted by Crippen LogP contribution is -2.13. The van der Waals surface area contributed by atoms with Crippen molar-refractivity contribution in [1.29, 1.82) is 0 Å². The van der Waals surface area contributed by atoms with Crippen LogP contribution < -0.4 is 0 Å².